The van der Waals surface area contributed by atoms with Crippen LogP contribution in [0.25, 0.3) is 0 Å². The Morgan fingerprint density at radius 3 is 2.54 bits per heavy atom. The first-order valence-corrected chi connectivity index (χ1v) is 4.27. The van der Waals surface area contributed by atoms with Gasteiger partial charge in [0.15, 0.2) is 0 Å². The van der Waals surface area contributed by atoms with Crippen LogP contribution >= 0.6 is 15.9 Å². The fourth-order valence-corrected chi connectivity index (χ4v) is 1.35. The second kappa shape index (κ2) is 3.91. The van der Waals surface area contributed by atoms with Crippen molar-refractivity contribution in [3.05, 3.63) is 28.2 Å². The summed E-state index contributed by atoms with van der Waals surface area (Å²) < 4.78 is 0.653. The van der Waals surface area contributed by atoms with Crippen molar-refractivity contribution in [2.45, 2.75) is 0 Å². The molecule has 0 atom stereocenters. The van der Waals surface area contributed by atoms with Crippen LogP contribution in [0.4, 0.5) is 0 Å². The van der Waals surface area contributed by atoms with Crippen LogP contribution in [-0.4, -0.2) is 23.1 Å². The summed E-state index contributed by atoms with van der Waals surface area (Å²) in [7, 11) is -1.69. The molecule has 1 amide bonds. The molecule has 4 nitrogen and oxygen atoms in total. The van der Waals surface area contributed by atoms with Crippen LogP contribution in [0.15, 0.2) is 22.7 Å². The van der Waals surface area contributed by atoms with E-state index in [0.717, 1.165) is 0 Å². The number of hydrogen-bond donors (Lipinski definition) is 3. The number of benzene rings is 1. The lowest BCUT2D eigenvalue weighted by atomic mass is 9.77. The fraction of sp³-hybridized carbons (Fsp3) is 0. The van der Waals surface area contributed by atoms with E-state index in [9.17, 15) is 4.79 Å². The molecule has 1 rings (SSSR count). The Balaban J connectivity index is 3.26. The fourth-order valence-electron chi connectivity index (χ4n) is 0.972. The molecule has 0 aromatic heterocycles. The molecule has 0 bridgehead atoms. The van der Waals surface area contributed by atoms with E-state index in [4.69, 9.17) is 15.8 Å². The Morgan fingerprint density at radius 1 is 1.46 bits per heavy atom. The highest BCUT2D eigenvalue weighted by Gasteiger charge is 2.18. The average molecular weight is 244 g/mol. The van der Waals surface area contributed by atoms with Crippen molar-refractivity contribution >= 4 is 34.4 Å². The molecule has 0 aliphatic heterocycles. The summed E-state index contributed by atoms with van der Waals surface area (Å²) in [6.07, 6.45) is 0. The van der Waals surface area contributed by atoms with Gasteiger partial charge in [0, 0.05) is 10.0 Å². The van der Waals surface area contributed by atoms with E-state index in [1.807, 2.05) is 0 Å². The van der Waals surface area contributed by atoms with Crippen LogP contribution in [0, 0.1) is 0 Å². The minimum Gasteiger partial charge on any atom is -0.423 e. The summed E-state index contributed by atoms with van der Waals surface area (Å²) in [6, 6.07) is 4.47. The second-order valence-electron chi connectivity index (χ2n) is 2.47. The quantitative estimate of drug-likeness (QED) is 0.597. The van der Waals surface area contributed by atoms with E-state index >= 15 is 0 Å². The van der Waals surface area contributed by atoms with Crippen molar-refractivity contribution < 1.29 is 14.8 Å². The van der Waals surface area contributed by atoms with E-state index in [0.29, 0.717) is 4.47 Å². The largest absolute Gasteiger partial charge is 0.489 e. The van der Waals surface area contributed by atoms with Gasteiger partial charge in [-0.2, -0.15) is 0 Å². The van der Waals surface area contributed by atoms with E-state index in [-0.39, 0.29) is 11.0 Å². The van der Waals surface area contributed by atoms with Crippen molar-refractivity contribution in [3.63, 3.8) is 0 Å². The summed E-state index contributed by atoms with van der Waals surface area (Å²) in [5.74, 6) is -0.685. The van der Waals surface area contributed by atoms with Crippen LogP contribution in [0.5, 0.6) is 0 Å². The number of nitrogens with two attached hydrogens (primary N) is 1. The Morgan fingerprint density at radius 2 is 2.08 bits per heavy atom. The molecule has 0 aliphatic rings. The number of halogens is 1. The zero-order chi connectivity index (χ0) is 10.0. The molecule has 0 radical (unpaired) electrons. The number of rotatable bonds is 2. The van der Waals surface area contributed by atoms with Crippen molar-refractivity contribution in [1.82, 2.24) is 0 Å². The molecule has 13 heavy (non-hydrogen) atoms. The van der Waals surface area contributed by atoms with Gasteiger partial charge in [0.2, 0.25) is 5.91 Å². The lowest BCUT2D eigenvalue weighted by Crippen LogP contribution is -2.36. The summed E-state index contributed by atoms with van der Waals surface area (Å²) in [5.41, 5.74) is 5.23. The summed E-state index contributed by atoms with van der Waals surface area (Å²) >= 11 is 3.14. The normalized spacial score (nSPS) is 9.77. The summed E-state index contributed by atoms with van der Waals surface area (Å²) in [5, 5.41) is 17.8. The highest BCUT2D eigenvalue weighted by molar-refractivity contribution is 9.10. The molecule has 68 valence electrons. The first-order chi connectivity index (χ1) is 6.02. The first kappa shape index (κ1) is 10.2. The van der Waals surface area contributed by atoms with Gasteiger partial charge < -0.3 is 15.8 Å². The Kier molecular flexibility index (Phi) is 3.08. The minimum absolute atomic E-state index is 0.0990. The van der Waals surface area contributed by atoms with E-state index in [2.05, 4.69) is 15.9 Å². The maximum Gasteiger partial charge on any atom is 0.489 e. The smallest absolute Gasteiger partial charge is 0.423 e. The summed E-state index contributed by atoms with van der Waals surface area (Å²) in [4.78, 5) is 10.8. The molecule has 0 spiro atoms. The Bertz CT molecular complexity index is 343. The molecule has 0 fully saturated rings. The SMILES string of the molecule is NC(=O)c1ccc(Br)cc1B(O)O. The van der Waals surface area contributed by atoms with Crippen LogP contribution < -0.4 is 11.2 Å². The standard InChI is InChI=1S/C7H7BBrNO3/c9-4-1-2-5(7(10)11)6(3-4)8(12)13/h1-3,12-13H,(H2,10,11). The zero-order valence-corrected chi connectivity index (χ0v) is 8.15. The van der Waals surface area contributed by atoms with Gasteiger partial charge in [-0.25, -0.2) is 0 Å². The molecule has 0 saturated carbocycles. The predicted octanol–water partition coefficient (Wildman–Crippen LogP) is -0.772. The minimum atomic E-state index is -1.69. The van der Waals surface area contributed by atoms with Gasteiger partial charge in [-0.1, -0.05) is 15.9 Å². The number of carbonyl (C=O) groups is 1. The van der Waals surface area contributed by atoms with E-state index < -0.39 is 13.0 Å². The number of primary amides is 1. The van der Waals surface area contributed by atoms with Crippen molar-refractivity contribution in [1.29, 1.82) is 0 Å². The highest BCUT2D eigenvalue weighted by Crippen LogP contribution is 2.08. The van der Waals surface area contributed by atoms with Crippen LogP contribution in [0.2, 0.25) is 0 Å². The van der Waals surface area contributed by atoms with Gasteiger partial charge in [-0.15, -0.1) is 0 Å². The monoisotopic (exact) mass is 243 g/mol. The molecular formula is C7H7BBrNO3. The van der Waals surface area contributed by atoms with Crippen molar-refractivity contribution in [2.24, 2.45) is 5.73 Å². The second-order valence-corrected chi connectivity index (χ2v) is 3.39. The van der Waals surface area contributed by atoms with Crippen molar-refractivity contribution in [2.75, 3.05) is 0 Å². The zero-order valence-electron chi connectivity index (χ0n) is 6.57. The topological polar surface area (TPSA) is 83.6 Å². The van der Waals surface area contributed by atoms with Crippen LogP contribution in [0.1, 0.15) is 10.4 Å². The highest BCUT2D eigenvalue weighted by atomic mass is 79.9. The van der Waals surface area contributed by atoms with E-state index in [1.54, 1.807) is 6.07 Å². The third-order valence-electron chi connectivity index (χ3n) is 1.56. The number of hydrogen-bond acceptors (Lipinski definition) is 3. The van der Waals surface area contributed by atoms with Gasteiger partial charge in [-0.05, 0) is 23.7 Å². The first-order valence-electron chi connectivity index (χ1n) is 3.47. The Labute approximate surface area is 83.6 Å². The molecule has 6 heteroatoms. The van der Waals surface area contributed by atoms with Gasteiger partial charge in [0.05, 0.1) is 0 Å². The van der Waals surface area contributed by atoms with E-state index in [1.165, 1.54) is 12.1 Å². The predicted molar refractivity (Wildman–Crippen MR) is 52.5 cm³/mol. The van der Waals surface area contributed by atoms with Crippen LogP contribution in [0.3, 0.4) is 0 Å². The van der Waals surface area contributed by atoms with Gasteiger partial charge in [0.1, 0.15) is 0 Å². The molecule has 0 aliphatic carbocycles. The molecule has 1 aromatic rings. The van der Waals surface area contributed by atoms with Gasteiger partial charge in [-0.3, -0.25) is 4.79 Å². The molecule has 4 N–H and O–H groups in total. The van der Waals surface area contributed by atoms with Crippen molar-refractivity contribution in [3.8, 4) is 0 Å². The average Bonchev–Trinajstić information content (AvgIpc) is 2.03. The maximum atomic E-state index is 10.8. The lowest BCUT2D eigenvalue weighted by molar-refractivity contribution is 0.100. The van der Waals surface area contributed by atoms with Gasteiger partial charge in [0.25, 0.3) is 0 Å². The third-order valence-corrected chi connectivity index (χ3v) is 2.05. The Hall–Kier alpha value is -0.845. The molecule has 0 heterocycles. The third kappa shape index (κ3) is 2.30. The number of carbonyl (C=O) groups excluding carboxylic acids is 1. The maximum absolute atomic E-state index is 10.8. The molecule has 1 aromatic carbocycles. The summed E-state index contributed by atoms with van der Waals surface area (Å²) in [6.45, 7) is 0. The van der Waals surface area contributed by atoms with Gasteiger partial charge >= 0.3 is 7.12 Å². The lowest BCUT2D eigenvalue weighted by Gasteiger charge is -2.05. The molecular weight excluding hydrogens is 237 g/mol. The molecule has 0 unspecified atom stereocenters. The number of amides is 1. The molecule has 0 saturated heterocycles. The van der Waals surface area contributed by atoms with Crippen LogP contribution in [-0.2, 0) is 0 Å².